The summed E-state index contributed by atoms with van der Waals surface area (Å²) >= 11 is 5.90. The van der Waals surface area contributed by atoms with Crippen molar-refractivity contribution in [2.24, 2.45) is 5.92 Å². The zero-order chi connectivity index (χ0) is 22.0. The van der Waals surface area contributed by atoms with Crippen molar-refractivity contribution >= 4 is 45.9 Å². The molecule has 1 aliphatic heterocycles. The lowest BCUT2D eigenvalue weighted by Gasteiger charge is -2.33. The number of pyridine rings is 1. The van der Waals surface area contributed by atoms with Crippen molar-refractivity contribution in [3.8, 4) is 0 Å². The largest absolute Gasteiger partial charge is 0.468 e. The number of rotatable bonds is 7. The van der Waals surface area contributed by atoms with Gasteiger partial charge in [0.2, 0.25) is 5.91 Å². The average molecular weight is 440 g/mol. The molecule has 31 heavy (non-hydrogen) atoms. The maximum absolute atomic E-state index is 13.0. The zero-order valence-corrected chi connectivity index (χ0v) is 17.8. The van der Waals surface area contributed by atoms with E-state index in [-0.39, 0.29) is 24.2 Å². The van der Waals surface area contributed by atoms with Gasteiger partial charge in [0.25, 0.3) is 0 Å². The van der Waals surface area contributed by atoms with E-state index in [0.29, 0.717) is 36.5 Å². The van der Waals surface area contributed by atoms with E-state index in [1.54, 1.807) is 18.3 Å². The molecule has 1 aromatic carbocycles. The van der Waals surface area contributed by atoms with Crippen LogP contribution in [0.2, 0.25) is 5.15 Å². The number of nitrogens with one attached hydrogen (secondary N) is 1. The molecule has 0 spiro atoms. The predicted molar refractivity (Wildman–Crippen MR) is 117 cm³/mol. The Labute approximate surface area is 184 Å². The van der Waals surface area contributed by atoms with Gasteiger partial charge in [0.15, 0.2) is 5.78 Å². The van der Waals surface area contributed by atoms with Crippen molar-refractivity contribution in [1.29, 1.82) is 0 Å². The van der Waals surface area contributed by atoms with E-state index < -0.39 is 5.97 Å². The number of hydrogen-bond acceptors (Lipinski definition) is 5. The second-order valence-corrected chi connectivity index (χ2v) is 8.01. The molecule has 0 unspecified atom stereocenters. The van der Waals surface area contributed by atoms with Crippen molar-refractivity contribution in [2.45, 2.75) is 25.7 Å². The fraction of sp³-hybridized carbons (Fsp3) is 0.304. The summed E-state index contributed by atoms with van der Waals surface area (Å²) in [7, 11) is 1.31. The minimum absolute atomic E-state index is 0.0256. The average Bonchev–Trinajstić information content (AvgIpc) is 3.19. The van der Waals surface area contributed by atoms with Gasteiger partial charge in [0, 0.05) is 23.4 Å². The Hall–Kier alpha value is -3.19. The molecule has 3 heterocycles. The minimum Gasteiger partial charge on any atom is -0.468 e. The van der Waals surface area contributed by atoms with Crippen LogP contribution in [0.1, 0.15) is 35.3 Å². The SMILES string of the molecule is COC(=O)CN1C(=O)[C@H](CCCC(=O)c2cc3cc(Cl)ncc3[nH]2)Cc2ccccc21. The molecule has 0 bridgehead atoms. The van der Waals surface area contributed by atoms with Gasteiger partial charge in [-0.3, -0.25) is 14.4 Å². The second kappa shape index (κ2) is 8.89. The number of H-pyrrole nitrogens is 1. The van der Waals surface area contributed by atoms with Gasteiger partial charge in [-0.15, -0.1) is 0 Å². The van der Waals surface area contributed by atoms with Crippen molar-refractivity contribution in [3.05, 3.63) is 59.0 Å². The number of halogens is 1. The Morgan fingerprint density at radius 2 is 2.10 bits per heavy atom. The van der Waals surface area contributed by atoms with Crippen LogP contribution < -0.4 is 4.90 Å². The van der Waals surface area contributed by atoms with Crippen LogP contribution in [0.4, 0.5) is 5.69 Å². The molecule has 1 atom stereocenters. The summed E-state index contributed by atoms with van der Waals surface area (Å²) in [6, 6.07) is 11.0. The quantitative estimate of drug-likeness (QED) is 0.342. The standard InChI is InChI=1S/C23H22ClN3O4/c1-31-22(29)13-27-19-7-3-2-5-14(19)9-15(23(27)30)6-4-8-20(28)17-10-16-11-21(24)25-12-18(16)26-17/h2-3,5,7,10-12,15,26H,4,6,8-9,13H2,1H3/t15-/m1/s1. The summed E-state index contributed by atoms with van der Waals surface area (Å²) in [5, 5.41) is 1.21. The number of anilines is 1. The Morgan fingerprint density at radius 1 is 1.29 bits per heavy atom. The fourth-order valence-corrected chi connectivity index (χ4v) is 4.19. The number of ketones is 1. The Balaban J connectivity index is 1.42. The number of carbonyl (C=O) groups is 3. The number of benzene rings is 1. The third kappa shape index (κ3) is 4.46. The van der Waals surface area contributed by atoms with Crippen LogP contribution in [0, 0.1) is 5.92 Å². The first-order chi connectivity index (χ1) is 15.0. The van der Waals surface area contributed by atoms with Crippen molar-refractivity contribution < 1.29 is 19.1 Å². The number of amides is 1. The van der Waals surface area contributed by atoms with E-state index >= 15 is 0 Å². The molecule has 0 radical (unpaired) electrons. The van der Waals surface area contributed by atoms with Crippen LogP contribution in [-0.4, -0.2) is 41.3 Å². The number of aromatic amines is 1. The van der Waals surface area contributed by atoms with Gasteiger partial charge >= 0.3 is 5.97 Å². The molecule has 0 saturated heterocycles. The molecule has 1 amide bonds. The van der Waals surface area contributed by atoms with Gasteiger partial charge in [-0.2, -0.15) is 0 Å². The molecular formula is C23H22ClN3O4. The number of nitrogens with zero attached hydrogens (tertiary/aromatic N) is 2. The lowest BCUT2D eigenvalue weighted by Crippen LogP contribution is -2.44. The van der Waals surface area contributed by atoms with E-state index in [0.717, 1.165) is 22.2 Å². The highest BCUT2D eigenvalue weighted by Crippen LogP contribution is 2.32. The topological polar surface area (TPSA) is 92.4 Å². The number of Topliss-reactive ketones (excluding diaryl/α,β-unsaturated/α-hetero) is 1. The number of para-hydroxylation sites is 1. The van der Waals surface area contributed by atoms with E-state index in [1.165, 1.54) is 12.0 Å². The minimum atomic E-state index is -0.465. The summed E-state index contributed by atoms with van der Waals surface area (Å²) in [5.41, 5.74) is 3.02. The number of carbonyl (C=O) groups excluding carboxylic acids is 3. The molecule has 7 nitrogen and oxygen atoms in total. The summed E-state index contributed by atoms with van der Waals surface area (Å²) in [5.74, 6) is -0.879. The maximum Gasteiger partial charge on any atom is 0.325 e. The Bertz CT molecular complexity index is 1160. The van der Waals surface area contributed by atoms with E-state index in [9.17, 15) is 14.4 Å². The zero-order valence-electron chi connectivity index (χ0n) is 17.1. The molecule has 1 aliphatic rings. The highest BCUT2D eigenvalue weighted by Gasteiger charge is 2.33. The first-order valence-electron chi connectivity index (χ1n) is 10.1. The molecular weight excluding hydrogens is 418 g/mol. The predicted octanol–water partition coefficient (Wildman–Crippen LogP) is 3.95. The summed E-state index contributed by atoms with van der Waals surface area (Å²) in [4.78, 5) is 46.1. The Morgan fingerprint density at radius 3 is 2.90 bits per heavy atom. The van der Waals surface area contributed by atoms with Crippen LogP contribution in [0.25, 0.3) is 10.9 Å². The van der Waals surface area contributed by atoms with Crippen LogP contribution in [0.3, 0.4) is 0 Å². The summed E-state index contributed by atoms with van der Waals surface area (Å²) in [6.07, 6.45) is 3.64. The first kappa shape index (κ1) is 21.1. The molecule has 2 aromatic heterocycles. The van der Waals surface area contributed by atoms with E-state index in [4.69, 9.17) is 16.3 Å². The number of fused-ring (bicyclic) bond motifs is 2. The van der Waals surface area contributed by atoms with Gasteiger partial charge < -0.3 is 14.6 Å². The van der Waals surface area contributed by atoms with Crippen LogP contribution in [0.5, 0.6) is 0 Å². The van der Waals surface area contributed by atoms with Crippen LogP contribution >= 0.6 is 11.6 Å². The molecule has 1 N–H and O–H groups in total. The third-order valence-electron chi connectivity index (χ3n) is 5.61. The number of methoxy groups -OCH3 is 1. The van der Waals surface area contributed by atoms with Crippen molar-refractivity contribution in [1.82, 2.24) is 9.97 Å². The molecule has 4 rings (SSSR count). The summed E-state index contributed by atoms with van der Waals surface area (Å²) in [6.45, 7) is -0.118. The normalized spacial score (nSPS) is 15.7. The highest BCUT2D eigenvalue weighted by molar-refractivity contribution is 6.30. The first-order valence-corrected chi connectivity index (χ1v) is 10.5. The number of esters is 1. The summed E-state index contributed by atoms with van der Waals surface area (Å²) < 4.78 is 4.75. The fourth-order valence-electron chi connectivity index (χ4n) is 4.02. The van der Waals surface area contributed by atoms with E-state index in [2.05, 4.69) is 9.97 Å². The maximum atomic E-state index is 13.0. The second-order valence-electron chi connectivity index (χ2n) is 7.62. The smallest absolute Gasteiger partial charge is 0.325 e. The molecule has 0 aliphatic carbocycles. The molecule has 160 valence electrons. The third-order valence-corrected chi connectivity index (χ3v) is 5.81. The van der Waals surface area contributed by atoms with Gasteiger partial charge in [0.1, 0.15) is 11.7 Å². The monoisotopic (exact) mass is 439 g/mol. The van der Waals surface area contributed by atoms with Crippen molar-refractivity contribution in [3.63, 3.8) is 0 Å². The van der Waals surface area contributed by atoms with Crippen LogP contribution in [0.15, 0.2) is 42.6 Å². The molecule has 3 aromatic rings. The van der Waals surface area contributed by atoms with Gasteiger partial charge in [-0.05, 0) is 43.0 Å². The number of ether oxygens (including phenoxy) is 1. The number of aromatic nitrogens is 2. The number of hydrogen-bond donors (Lipinski definition) is 1. The Kier molecular flexibility index (Phi) is 6.04. The van der Waals surface area contributed by atoms with Crippen LogP contribution in [-0.2, 0) is 20.7 Å². The molecule has 0 fully saturated rings. The lowest BCUT2D eigenvalue weighted by atomic mass is 9.87. The van der Waals surface area contributed by atoms with E-state index in [1.807, 2.05) is 24.3 Å². The van der Waals surface area contributed by atoms with Gasteiger partial charge in [0.05, 0.1) is 24.5 Å². The highest BCUT2D eigenvalue weighted by atomic mass is 35.5. The van der Waals surface area contributed by atoms with Crippen molar-refractivity contribution in [2.75, 3.05) is 18.6 Å². The molecule has 0 saturated carbocycles. The molecule has 8 heteroatoms. The van der Waals surface area contributed by atoms with Gasteiger partial charge in [-0.25, -0.2) is 4.98 Å². The lowest BCUT2D eigenvalue weighted by molar-refractivity contribution is -0.140. The van der Waals surface area contributed by atoms with Gasteiger partial charge in [-0.1, -0.05) is 29.8 Å².